The first-order valence-corrected chi connectivity index (χ1v) is 5.13. The fraction of sp³-hybridized carbons (Fsp3) is 0.900. The van der Waals surface area contributed by atoms with E-state index in [9.17, 15) is 9.90 Å². The van der Waals surface area contributed by atoms with E-state index in [0.717, 1.165) is 19.4 Å². The van der Waals surface area contributed by atoms with Gasteiger partial charge in [0.1, 0.15) is 0 Å². The van der Waals surface area contributed by atoms with E-state index in [1.165, 1.54) is 0 Å². The van der Waals surface area contributed by atoms with Crippen LogP contribution in [0.3, 0.4) is 0 Å². The van der Waals surface area contributed by atoms with Crippen LogP contribution in [0.4, 0.5) is 0 Å². The molecule has 0 saturated heterocycles. The monoisotopic (exact) mass is 203 g/mol. The van der Waals surface area contributed by atoms with Crippen LogP contribution in [0.5, 0.6) is 0 Å². The zero-order valence-corrected chi connectivity index (χ0v) is 9.05. The SMILES string of the molecule is CCC(C)(O)CNCCCCC(=O)O. The van der Waals surface area contributed by atoms with Crippen LogP contribution in [0.1, 0.15) is 39.5 Å². The molecule has 0 aliphatic rings. The molecule has 0 fully saturated rings. The molecule has 0 aliphatic carbocycles. The Labute approximate surface area is 85.3 Å². The summed E-state index contributed by atoms with van der Waals surface area (Å²) < 4.78 is 0. The van der Waals surface area contributed by atoms with Crippen molar-refractivity contribution in [2.24, 2.45) is 0 Å². The number of aliphatic hydroxyl groups is 1. The van der Waals surface area contributed by atoms with Gasteiger partial charge in [0.25, 0.3) is 0 Å². The van der Waals surface area contributed by atoms with E-state index in [1.54, 1.807) is 6.92 Å². The van der Waals surface area contributed by atoms with Gasteiger partial charge in [-0.1, -0.05) is 6.92 Å². The predicted molar refractivity (Wildman–Crippen MR) is 55.3 cm³/mol. The summed E-state index contributed by atoms with van der Waals surface area (Å²) in [7, 11) is 0. The van der Waals surface area contributed by atoms with E-state index < -0.39 is 11.6 Å². The maximum atomic E-state index is 10.2. The molecule has 0 saturated carbocycles. The number of rotatable bonds is 8. The van der Waals surface area contributed by atoms with Gasteiger partial charge in [-0.15, -0.1) is 0 Å². The molecular formula is C10H21NO3. The van der Waals surface area contributed by atoms with E-state index >= 15 is 0 Å². The van der Waals surface area contributed by atoms with Crippen LogP contribution in [0.15, 0.2) is 0 Å². The molecule has 84 valence electrons. The molecule has 3 N–H and O–H groups in total. The second-order valence-electron chi connectivity index (χ2n) is 3.88. The molecule has 0 amide bonds. The summed E-state index contributed by atoms with van der Waals surface area (Å²) in [5.74, 6) is -0.745. The lowest BCUT2D eigenvalue weighted by Gasteiger charge is -2.21. The summed E-state index contributed by atoms with van der Waals surface area (Å²) in [5, 5.41) is 21.1. The van der Waals surface area contributed by atoms with Crippen molar-refractivity contribution in [3.63, 3.8) is 0 Å². The van der Waals surface area contributed by atoms with Gasteiger partial charge in [0.2, 0.25) is 0 Å². The minimum atomic E-state index is -0.745. The maximum absolute atomic E-state index is 10.2. The van der Waals surface area contributed by atoms with Crippen molar-refractivity contribution in [1.29, 1.82) is 0 Å². The lowest BCUT2D eigenvalue weighted by atomic mass is 10.0. The van der Waals surface area contributed by atoms with Gasteiger partial charge in [0.15, 0.2) is 0 Å². The molecule has 0 spiro atoms. The zero-order chi connectivity index (χ0) is 11.0. The first-order valence-electron chi connectivity index (χ1n) is 5.13. The predicted octanol–water partition coefficient (Wildman–Crippen LogP) is 0.992. The summed E-state index contributed by atoms with van der Waals surface area (Å²) in [6, 6.07) is 0. The third-order valence-electron chi connectivity index (χ3n) is 2.26. The minimum absolute atomic E-state index is 0.228. The number of carboxylic acids is 1. The number of unbranched alkanes of at least 4 members (excludes halogenated alkanes) is 1. The molecule has 0 bridgehead atoms. The Hall–Kier alpha value is -0.610. The maximum Gasteiger partial charge on any atom is 0.303 e. The highest BCUT2D eigenvalue weighted by atomic mass is 16.4. The van der Waals surface area contributed by atoms with Crippen molar-refractivity contribution < 1.29 is 15.0 Å². The molecule has 0 rings (SSSR count). The quantitative estimate of drug-likeness (QED) is 0.515. The van der Waals surface area contributed by atoms with E-state index in [2.05, 4.69) is 5.32 Å². The van der Waals surface area contributed by atoms with Crippen molar-refractivity contribution in [3.8, 4) is 0 Å². The van der Waals surface area contributed by atoms with Gasteiger partial charge < -0.3 is 15.5 Å². The minimum Gasteiger partial charge on any atom is -0.481 e. The number of aliphatic carboxylic acids is 1. The molecule has 0 aromatic carbocycles. The van der Waals surface area contributed by atoms with Crippen molar-refractivity contribution in [2.45, 2.75) is 45.1 Å². The molecule has 14 heavy (non-hydrogen) atoms. The Balaban J connectivity index is 3.25. The van der Waals surface area contributed by atoms with Crippen LogP contribution in [0.25, 0.3) is 0 Å². The third-order valence-corrected chi connectivity index (χ3v) is 2.26. The number of nitrogens with one attached hydrogen (secondary N) is 1. The van der Waals surface area contributed by atoms with Gasteiger partial charge in [-0.2, -0.15) is 0 Å². The largest absolute Gasteiger partial charge is 0.481 e. The molecule has 0 aliphatic heterocycles. The van der Waals surface area contributed by atoms with Crippen LogP contribution in [0.2, 0.25) is 0 Å². The third kappa shape index (κ3) is 8.01. The average molecular weight is 203 g/mol. The number of carboxylic acid groups (broad SMARTS) is 1. The van der Waals surface area contributed by atoms with Crippen LogP contribution in [-0.2, 0) is 4.79 Å². The van der Waals surface area contributed by atoms with Gasteiger partial charge >= 0.3 is 5.97 Å². The molecule has 0 aromatic rings. The van der Waals surface area contributed by atoms with Gasteiger partial charge in [-0.05, 0) is 32.7 Å². The lowest BCUT2D eigenvalue weighted by Crippen LogP contribution is -2.37. The number of carbonyl (C=O) groups is 1. The Morgan fingerprint density at radius 3 is 2.57 bits per heavy atom. The van der Waals surface area contributed by atoms with Crippen molar-refractivity contribution in [1.82, 2.24) is 5.32 Å². The second-order valence-corrected chi connectivity index (χ2v) is 3.88. The average Bonchev–Trinajstić information content (AvgIpc) is 2.10. The standard InChI is InChI=1S/C10H21NO3/c1-3-10(2,14)8-11-7-5-4-6-9(12)13/h11,14H,3-8H2,1-2H3,(H,12,13). The van der Waals surface area contributed by atoms with E-state index in [1.807, 2.05) is 6.92 Å². The Kier molecular flexibility index (Phi) is 6.49. The number of hydrogen-bond donors (Lipinski definition) is 3. The highest BCUT2D eigenvalue weighted by Gasteiger charge is 2.15. The lowest BCUT2D eigenvalue weighted by molar-refractivity contribution is -0.137. The Morgan fingerprint density at radius 1 is 1.43 bits per heavy atom. The molecule has 4 heteroatoms. The van der Waals surface area contributed by atoms with Gasteiger partial charge in [-0.3, -0.25) is 4.79 Å². The summed E-state index contributed by atoms with van der Waals surface area (Å²) in [6.07, 6.45) is 2.48. The second kappa shape index (κ2) is 6.79. The van der Waals surface area contributed by atoms with Crippen molar-refractivity contribution in [2.75, 3.05) is 13.1 Å². The van der Waals surface area contributed by atoms with Crippen LogP contribution in [0, 0.1) is 0 Å². The highest BCUT2D eigenvalue weighted by Crippen LogP contribution is 2.05. The highest BCUT2D eigenvalue weighted by molar-refractivity contribution is 5.66. The summed E-state index contributed by atoms with van der Waals surface area (Å²) >= 11 is 0. The van der Waals surface area contributed by atoms with Gasteiger partial charge in [0, 0.05) is 13.0 Å². The molecule has 0 heterocycles. The van der Waals surface area contributed by atoms with Gasteiger partial charge in [0.05, 0.1) is 5.60 Å². The Bertz CT molecular complexity index is 169. The smallest absolute Gasteiger partial charge is 0.303 e. The molecular weight excluding hydrogens is 182 g/mol. The van der Waals surface area contributed by atoms with Gasteiger partial charge in [-0.25, -0.2) is 0 Å². The molecule has 0 aromatic heterocycles. The summed E-state index contributed by atoms with van der Waals surface area (Å²) in [5.41, 5.74) is -0.646. The normalized spacial score (nSPS) is 15.1. The molecule has 1 unspecified atom stereocenters. The Morgan fingerprint density at radius 2 is 2.07 bits per heavy atom. The summed E-state index contributed by atoms with van der Waals surface area (Å²) in [4.78, 5) is 10.2. The van der Waals surface area contributed by atoms with Crippen LogP contribution >= 0.6 is 0 Å². The summed E-state index contributed by atoms with van der Waals surface area (Å²) in [6.45, 7) is 5.06. The molecule has 1 atom stereocenters. The van der Waals surface area contributed by atoms with E-state index in [-0.39, 0.29) is 6.42 Å². The first kappa shape index (κ1) is 13.4. The van der Waals surface area contributed by atoms with Crippen LogP contribution in [-0.4, -0.2) is 34.9 Å². The fourth-order valence-electron chi connectivity index (χ4n) is 1.01. The molecule has 4 nitrogen and oxygen atoms in total. The van der Waals surface area contributed by atoms with Crippen molar-refractivity contribution in [3.05, 3.63) is 0 Å². The van der Waals surface area contributed by atoms with E-state index in [0.29, 0.717) is 13.0 Å². The first-order chi connectivity index (χ1) is 6.48. The fourth-order valence-corrected chi connectivity index (χ4v) is 1.01. The topological polar surface area (TPSA) is 69.6 Å². The molecule has 0 radical (unpaired) electrons. The van der Waals surface area contributed by atoms with Crippen molar-refractivity contribution >= 4 is 5.97 Å². The zero-order valence-electron chi connectivity index (χ0n) is 9.05. The number of hydrogen-bond acceptors (Lipinski definition) is 3. The van der Waals surface area contributed by atoms with Crippen LogP contribution < -0.4 is 5.32 Å². The van der Waals surface area contributed by atoms with E-state index in [4.69, 9.17) is 5.11 Å².